The van der Waals surface area contributed by atoms with Gasteiger partial charge in [-0.25, -0.2) is 4.39 Å². The van der Waals surface area contributed by atoms with Crippen molar-refractivity contribution in [2.45, 2.75) is 11.2 Å². The van der Waals surface area contributed by atoms with Crippen LogP contribution in [0.4, 0.5) is 4.39 Å². The molecule has 1 atom stereocenters. The van der Waals surface area contributed by atoms with Crippen LogP contribution in [0.25, 0.3) is 0 Å². The first kappa shape index (κ1) is 14.7. The summed E-state index contributed by atoms with van der Waals surface area (Å²) in [5.41, 5.74) is 3.69. The smallest absolute Gasteiger partial charge is 0.251 e. The molecule has 0 fully saturated rings. The maximum atomic E-state index is 13.2. The van der Waals surface area contributed by atoms with Crippen LogP contribution < -0.4 is 5.32 Å². The Morgan fingerprint density at radius 3 is 2.76 bits per heavy atom. The highest BCUT2D eigenvalue weighted by Gasteiger charge is 2.20. The maximum Gasteiger partial charge on any atom is 0.251 e. The number of halogens is 3. The van der Waals surface area contributed by atoms with Crippen molar-refractivity contribution in [3.63, 3.8) is 0 Å². The van der Waals surface area contributed by atoms with Crippen LogP contribution in [0.3, 0.4) is 0 Å². The third-order valence-corrected chi connectivity index (χ3v) is 5.30. The lowest BCUT2D eigenvalue weighted by molar-refractivity contribution is 0.0946. The predicted molar refractivity (Wildman–Crippen MR) is 87.3 cm³/mol. The molecule has 3 rings (SSSR count). The molecular formula is C16H12Br2FNO. The van der Waals surface area contributed by atoms with Gasteiger partial charge >= 0.3 is 0 Å². The van der Waals surface area contributed by atoms with Crippen molar-refractivity contribution in [2.24, 2.45) is 0 Å². The van der Waals surface area contributed by atoms with Crippen molar-refractivity contribution in [2.75, 3.05) is 6.54 Å². The molecule has 1 aliphatic rings. The van der Waals surface area contributed by atoms with Gasteiger partial charge < -0.3 is 5.32 Å². The van der Waals surface area contributed by atoms with Crippen molar-refractivity contribution >= 4 is 37.8 Å². The minimum absolute atomic E-state index is 0.0315. The zero-order valence-electron chi connectivity index (χ0n) is 11.0. The van der Waals surface area contributed by atoms with Crippen molar-refractivity contribution in [1.29, 1.82) is 0 Å². The van der Waals surface area contributed by atoms with Gasteiger partial charge in [0.05, 0.1) is 4.83 Å². The molecule has 0 saturated carbocycles. The van der Waals surface area contributed by atoms with Crippen molar-refractivity contribution in [1.82, 2.24) is 5.32 Å². The Kier molecular flexibility index (Phi) is 4.13. The predicted octanol–water partition coefficient (Wildman–Crippen LogP) is 4.36. The number of carbonyl (C=O) groups excluding carboxylic acids is 1. The first-order chi connectivity index (χ1) is 10.1. The van der Waals surface area contributed by atoms with Gasteiger partial charge in [0.2, 0.25) is 0 Å². The second-order valence-electron chi connectivity index (χ2n) is 4.95. The van der Waals surface area contributed by atoms with E-state index in [1.54, 1.807) is 6.07 Å². The lowest BCUT2D eigenvalue weighted by Gasteiger charge is -2.19. The molecule has 1 heterocycles. The summed E-state index contributed by atoms with van der Waals surface area (Å²) in [6.07, 6.45) is 0.856. The molecule has 1 aliphatic heterocycles. The van der Waals surface area contributed by atoms with E-state index in [2.05, 4.69) is 37.2 Å². The fraction of sp³-hybridized carbons (Fsp3) is 0.188. The Morgan fingerprint density at radius 2 is 2.00 bits per heavy atom. The Balaban J connectivity index is 2.00. The van der Waals surface area contributed by atoms with Crippen LogP contribution in [0, 0.1) is 5.82 Å². The van der Waals surface area contributed by atoms with E-state index in [1.807, 2.05) is 18.2 Å². The number of hydrogen-bond acceptors (Lipinski definition) is 1. The lowest BCUT2D eigenvalue weighted by Crippen LogP contribution is -2.31. The second kappa shape index (κ2) is 5.89. The van der Waals surface area contributed by atoms with Gasteiger partial charge in [-0.2, -0.15) is 0 Å². The summed E-state index contributed by atoms with van der Waals surface area (Å²) in [6.45, 7) is 0.687. The number of fused-ring (bicyclic) bond motifs is 1. The fourth-order valence-electron chi connectivity index (χ4n) is 2.47. The molecule has 0 radical (unpaired) electrons. The standard InChI is InChI=1S/C16H12Br2FNO/c17-14-8-11(19)3-4-12(14)15(18)10-2-1-9-5-6-20-16(21)13(9)7-10/h1-4,7-8,15H,5-6H2,(H,20,21). The summed E-state index contributed by atoms with van der Waals surface area (Å²) in [6, 6.07) is 10.5. The summed E-state index contributed by atoms with van der Waals surface area (Å²) < 4.78 is 13.9. The van der Waals surface area contributed by atoms with E-state index in [9.17, 15) is 9.18 Å². The van der Waals surface area contributed by atoms with Gasteiger partial charge in [-0.3, -0.25) is 4.79 Å². The molecule has 1 amide bonds. The number of benzene rings is 2. The zero-order valence-corrected chi connectivity index (χ0v) is 14.2. The highest BCUT2D eigenvalue weighted by molar-refractivity contribution is 9.11. The van der Waals surface area contributed by atoms with Gasteiger partial charge in [-0.1, -0.05) is 50.1 Å². The molecule has 5 heteroatoms. The number of hydrogen-bond donors (Lipinski definition) is 1. The summed E-state index contributed by atoms with van der Waals surface area (Å²) in [5.74, 6) is -0.314. The van der Waals surface area contributed by atoms with Crippen molar-refractivity contribution in [3.05, 3.63) is 68.9 Å². The fourth-order valence-corrected chi connectivity index (χ4v) is 4.04. The van der Waals surface area contributed by atoms with E-state index in [1.165, 1.54) is 12.1 Å². The van der Waals surface area contributed by atoms with Gasteiger partial charge in [-0.05, 0) is 41.3 Å². The maximum absolute atomic E-state index is 13.2. The van der Waals surface area contributed by atoms with Gasteiger partial charge in [0.25, 0.3) is 5.91 Å². The van der Waals surface area contributed by atoms with E-state index < -0.39 is 0 Å². The van der Waals surface area contributed by atoms with E-state index >= 15 is 0 Å². The summed E-state index contributed by atoms with van der Waals surface area (Å²) in [4.78, 5) is 11.8. The van der Waals surface area contributed by atoms with E-state index in [0.717, 1.165) is 28.7 Å². The van der Waals surface area contributed by atoms with Gasteiger partial charge in [0, 0.05) is 16.6 Å². The van der Waals surface area contributed by atoms with Crippen LogP contribution >= 0.6 is 31.9 Å². The molecule has 0 saturated heterocycles. The van der Waals surface area contributed by atoms with Crippen molar-refractivity contribution in [3.8, 4) is 0 Å². The van der Waals surface area contributed by atoms with Crippen LogP contribution in [-0.4, -0.2) is 12.5 Å². The summed E-state index contributed by atoms with van der Waals surface area (Å²) in [5, 5.41) is 2.85. The Morgan fingerprint density at radius 1 is 1.19 bits per heavy atom. The van der Waals surface area contributed by atoms with E-state index in [4.69, 9.17) is 0 Å². The lowest BCUT2D eigenvalue weighted by atomic mass is 9.95. The molecule has 0 bridgehead atoms. The Bertz CT molecular complexity index is 717. The monoisotopic (exact) mass is 411 g/mol. The number of nitrogens with one attached hydrogen (secondary N) is 1. The van der Waals surface area contributed by atoms with E-state index in [0.29, 0.717) is 11.0 Å². The average molecular weight is 413 g/mol. The molecule has 2 aromatic carbocycles. The zero-order chi connectivity index (χ0) is 15.0. The largest absolute Gasteiger partial charge is 0.352 e. The topological polar surface area (TPSA) is 29.1 Å². The Labute approximate surface area is 139 Å². The molecular weight excluding hydrogens is 401 g/mol. The average Bonchev–Trinajstić information content (AvgIpc) is 2.47. The highest BCUT2D eigenvalue weighted by Crippen LogP contribution is 2.36. The first-order valence-electron chi connectivity index (χ1n) is 6.56. The minimum atomic E-state index is -0.282. The third-order valence-electron chi connectivity index (χ3n) is 3.59. The van der Waals surface area contributed by atoms with Crippen LogP contribution in [0.15, 0.2) is 40.9 Å². The molecule has 2 nitrogen and oxygen atoms in total. The van der Waals surface area contributed by atoms with Crippen LogP contribution in [0.5, 0.6) is 0 Å². The molecule has 108 valence electrons. The third kappa shape index (κ3) is 2.90. The first-order valence-corrected chi connectivity index (χ1v) is 8.27. The van der Waals surface area contributed by atoms with Gasteiger partial charge in [-0.15, -0.1) is 0 Å². The molecule has 1 N–H and O–H groups in total. The summed E-state index contributed by atoms with van der Waals surface area (Å²) >= 11 is 7.02. The molecule has 0 aliphatic carbocycles. The number of alkyl halides is 1. The molecule has 1 unspecified atom stereocenters. The normalized spacial score (nSPS) is 15.3. The van der Waals surface area contributed by atoms with E-state index in [-0.39, 0.29) is 16.6 Å². The molecule has 21 heavy (non-hydrogen) atoms. The summed E-state index contributed by atoms with van der Waals surface area (Å²) in [7, 11) is 0. The SMILES string of the molecule is O=C1NCCc2ccc(C(Br)c3ccc(F)cc3Br)cc21. The highest BCUT2D eigenvalue weighted by atomic mass is 79.9. The number of amides is 1. The van der Waals surface area contributed by atoms with Crippen molar-refractivity contribution < 1.29 is 9.18 Å². The van der Waals surface area contributed by atoms with Crippen LogP contribution in [-0.2, 0) is 6.42 Å². The quantitative estimate of drug-likeness (QED) is 0.729. The number of carbonyl (C=O) groups is 1. The van der Waals surface area contributed by atoms with Gasteiger partial charge in [0.1, 0.15) is 5.82 Å². The Hall–Kier alpha value is -1.20. The van der Waals surface area contributed by atoms with Gasteiger partial charge in [0.15, 0.2) is 0 Å². The number of rotatable bonds is 2. The minimum Gasteiger partial charge on any atom is -0.352 e. The molecule has 2 aromatic rings. The van der Waals surface area contributed by atoms with Crippen LogP contribution in [0.2, 0.25) is 0 Å². The second-order valence-corrected chi connectivity index (χ2v) is 6.72. The molecule has 0 aromatic heterocycles. The van der Waals surface area contributed by atoms with Crippen LogP contribution in [0.1, 0.15) is 31.9 Å². The molecule has 0 spiro atoms.